The predicted octanol–water partition coefficient (Wildman–Crippen LogP) is 7.83. The van der Waals surface area contributed by atoms with E-state index < -0.39 is 0 Å². The van der Waals surface area contributed by atoms with Gasteiger partial charge in [-0.2, -0.15) is 0 Å². The number of hydrogen-bond donors (Lipinski definition) is 1. The highest BCUT2D eigenvalue weighted by Gasteiger charge is 2.26. The number of methoxy groups -OCH3 is 2. The summed E-state index contributed by atoms with van der Waals surface area (Å²) in [7, 11) is 3.23. The van der Waals surface area contributed by atoms with Crippen LogP contribution in [0.2, 0.25) is 0 Å². The third-order valence-corrected chi connectivity index (χ3v) is 8.39. The lowest BCUT2D eigenvalue weighted by Crippen LogP contribution is -2.47. The summed E-state index contributed by atoms with van der Waals surface area (Å²) in [6.45, 7) is 15.4. The molecule has 1 heterocycles. The Morgan fingerprint density at radius 1 is 0.881 bits per heavy atom. The number of carbonyl (C=O) groups is 2. The molecule has 42 heavy (non-hydrogen) atoms. The van der Waals surface area contributed by atoms with Crippen LogP contribution in [-0.2, 0) is 17.8 Å². The van der Waals surface area contributed by atoms with Crippen molar-refractivity contribution >= 4 is 29.0 Å². The smallest absolute Gasteiger partial charge is 0.322 e. The number of hydrogen-bond acceptors (Lipinski definition) is 5. The fraction of sp³-hybridized carbons (Fsp3) is 0.471. The van der Waals surface area contributed by atoms with E-state index in [4.69, 9.17) is 9.47 Å². The monoisotopic (exact) mass is 593 g/mol. The van der Waals surface area contributed by atoms with Gasteiger partial charge in [0.15, 0.2) is 11.5 Å². The maximum Gasteiger partial charge on any atom is 0.322 e. The van der Waals surface area contributed by atoms with Crippen molar-refractivity contribution in [1.29, 1.82) is 0 Å². The van der Waals surface area contributed by atoms with Gasteiger partial charge in [0.25, 0.3) is 0 Å². The molecule has 3 aromatic rings. The number of para-hydroxylation sites is 1. The van der Waals surface area contributed by atoms with Crippen LogP contribution >= 0.6 is 11.3 Å². The molecule has 0 aliphatic carbocycles. The molecule has 0 spiro atoms. The van der Waals surface area contributed by atoms with Crippen LogP contribution in [-0.4, -0.2) is 55.1 Å². The average molecular weight is 594 g/mol. The summed E-state index contributed by atoms with van der Waals surface area (Å²) in [6, 6.07) is 15.7. The highest BCUT2D eigenvalue weighted by Crippen LogP contribution is 2.33. The number of aryl methyl sites for hydroxylation is 1. The third kappa shape index (κ3) is 8.51. The minimum atomic E-state index is -0.264. The topological polar surface area (TPSA) is 71.1 Å². The van der Waals surface area contributed by atoms with E-state index in [0.29, 0.717) is 31.0 Å². The van der Waals surface area contributed by atoms with E-state index in [9.17, 15) is 9.59 Å². The Morgan fingerprint density at radius 2 is 1.52 bits per heavy atom. The Labute approximate surface area is 255 Å². The minimum absolute atomic E-state index is 0.0132. The zero-order valence-electron chi connectivity index (χ0n) is 26.6. The number of ether oxygens (including phenoxy) is 2. The zero-order chi connectivity index (χ0) is 31.0. The molecule has 7 nitrogen and oxygen atoms in total. The van der Waals surface area contributed by atoms with Gasteiger partial charge in [0.1, 0.15) is 6.54 Å². The van der Waals surface area contributed by atoms with E-state index in [0.717, 1.165) is 27.3 Å². The summed E-state index contributed by atoms with van der Waals surface area (Å²) in [5.74, 6) is 1.73. The molecule has 1 aromatic heterocycles. The number of carbonyl (C=O) groups excluding carboxylic acids is 2. The lowest BCUT2D eigenvalue weighted by molar-refractivity contribution is -0.132. The van der Waals surface area contributed by atoms with Crippen molar-refractivity contribution < 1.29 is 19.1 Å². The number of benzene rings is 2. The maximum absolute atomic E-state index is 13.9. The Morgan fingerprint density at radius 3 is 2.05 bits per heavy atom. The Hall–Kier alpha value is -3.52. The second-order valence-electron chi connectivity index (χ2n) is 11.5. The van der Waals surface area contributed by atoms with E-state index in [1.165, 1.54) is 4.88 Å². The first kappa shape index (κ1) is 33.0. The summed E-state index contributed by atoms with van der Waals surface area (Å²) < 4.78 is 10.9. The number of urea groups is 1. The first-order valence-corrected chi connectivity index (χ1v) is 15.5. The second kappa shape index (κ2) is 15.1. The molecule has 0 bridgehead atoms. The van der Waals surface area contributed by atoms with Gasteiger partial charge in [-0.25, -0.2) is 4.79 Å². The van der Waals surface area contributed by atoms with Crippen LogP contribution in [0.15, 0.2) is 48.5 Å². The van der Waals surface area contributed by atoms with Crippen LogP contribution in [0.25, 0.3) is 0 Å². The molecule has 0 saturated carbocycles. The molecule has 8 heteroatoms. The number of nitrogens with zero attached hydrogens (tertiary/aromatic N) is 2. The van der Waals surface area contributed by atoms with Gasteiger partial charge in [-0.15, -0.1) is 11.3 Å². The normalized spacial score (nSPS) is 11.2. The molecule has 0 unspecified atom stereocenters. The van der Waals surface area contributed by atoms with Gasteiger partial charge >= 0.3 is 6.03 Å². The number of thiophene rings is 1. The molecule has 3 amide bonds. The van der Waals surface area contributed by atoms with Crippen molar-refractivity contribution in [3.8, 4) is 11.5 Å². The van der Waals surface area contributed by atoms with Gasteiger partial charge in [-0.05, 0) is 80.0 Å². The zero-order valence-corrected chi connectivity index (χ0v) is 27.4. The van der Waals surface area contributed by atoms with E-state index >= 15 is 0 Å². The van der Waals surface area contributed by atoms with Crippen LogP contribution in [0.3, 0.4) is 0 Å². The summed E-state index contributed by atoms with van der Waals surface area (Å²) in [5, 5.41) is 3.19. The van der Waals surface area contributed by atoms with Gasteiger partial charge < -0.3 is 24.6 Å². The highest BCUT2D eigenvalue weighted by atomic mass is 32.1. The van der Waals surface area contributed by atoms with Gasteiger partial charge in [-0.1, -0.05) is 52.0 Å². The summed E-state index contributed by atoms with van der Waals surface area (Å²) in [6.07, 6.45) is 0.643. The van der Waals surface area contributed by atoms with E-state index in [1.807, 2.05) is 43.0 Å². The molecule has 1 N–H and O–H groups in total. The fourth-order valence-electron chi connectivity index (χ4n) is 4.96. The van der Waals surface area contributed by atoms with Crippen molar-refractivity contribution in [2.24, 2.45) is 0 Å². The van der Waals surface area contributed by atoms with Crippen LogP contribution in [0.5, 0.6) is 11.5 Å². The molecule has 0 saturated heterocycles. The van der Waals surface area contributed by atoms with E-state index in [-0.39, 0.29) is 36.4 Å². The van der Waals surface area contributed by atoms with Crippen LogP contribution in [0.4, 0.5) is 10.5 Å². The molecular formula is C34H47N3O4S. The van der Waals surface area contributed by atoms with Gasteiger partial charge in [-0.3, -0.25) is 4.79 Å². The SMILES string of the molecule is COc1ccc(CCN(Cc2ccc(C)s2)C(=O)CN(C(=O)Nc2c(C(C)C)cccc2C(C)C)C(C)C)cc1OC. The second-order valence-corrected chi connectivity index (χ2v) is 12.9. The predicted molar refractivity (Wildman–Crippen MR) is 173 cm³/mol. The van der Waals surface area contributed by atoms with Crippen molar-refractivity contribution in [1.82, 2.24) is 9.80 Å². The Kier molecular flexibility index (Phi) is 11.9. The van der Waals surface area contributed by atoms with E-state index in [2.05, 4.69) is 64.2 Å². The molecule has 0 fully saturated rings. The van der Waals surface area contributed by atoms with E-state index in [1.54, 1.807) is 30.5 Å². The summed E-state index contributed by atoms with van der Waals surface area (Å²) in [4.78, 5) is 33.4. The number of amides is 3. The largest absolute Gasteiger partial charge is 0.493 e. The lowest BCUT2D eigenvalue weighted by Gasteiger charge is -2.31. The Balaban J connectivity index is 1.84. The molecular weight excluding hydrogens is 546 g/mol. The van der Waals surface area contributed by atoms with Gasteiger partial charge in [0.05, 0.1) is 20.8 Å². The van der Waals surface area contributed by atoms with Crippen molar-refractivity contribution in [2.75, 3.05) is 32.6 Å². The first-order chi connectivity index (χ1) is 19.9. The third-order valence-electron chi connectivity index (χ3n) is 7.41. The van der Waals surface area contributed by atoms with Crippen molar-refractivity contribution in [3.63, 3.8) is 0 Å². The van der Waals surface area contributed by atoms with Crippen LogP contribution in [0.1, 0.15) is 79.8 Å². The quantitative estimate of drug-likeness (QED) is 0.219. The molecule has 0 aliphatic heterocycles. The lowest BCUT2D eigenvalue weighted by atomic mass is 9.93. The highest BCUT2D eigenvalue weighted by molar-refractivity contribution is 7.11. The first-order valence-electron chi connectivity index (χ1n) is 14.7. The van der Waals surface area contributed by atoms with Gasteiger partial charge in [0.2, 0.25) is 5.91 Å². The molecule has 0 radical (unpaired) electrons. The van der Waals surface area contributed by atoms with Crippen molar-refractivity contribution in [3.05, 3.63) is 75.0 Å². The van der Waals surface area contributed by atoms with Gasteiger partial charge in [0, 0.05) is 28.0 Å². The standard InChI is InChI=1S/C34H47N3O4S/c1-22(2)28-11-10-12-29(23(3)4)33(28)35-34(39)37(24(5)6)21-32(38)36(20-27-15-13-25(7)42-27)18-17-26-14-16-30(40-8)31(19-26)41-9/h10-16,19,22-24H,17-18,20-21H2,1-9H3,(H,35,39). The fourth-order valence-corrected chi connectivity index (χ4v) is 5.87. The Bertz CT molecular complexity index is 1320. The minimum Gasteiger partial charge on any atom is -0.493 e. The molecule has 0 aliphatic rings. The van der Waals surface area contributed by atoms with Crippen LogP contribution in [0, 0.1) is 6.92 Å². The average Bonchev–Trinajstić information content (AvgIpc) is 3.37. The molecule has 0 atom stereocenters. The number of rotatable bonds is 13. The maximum atomic E-state index is 13.9. The summed E-state index contributed by atoms with van der Waals surface area (Å²) >= 11 is 1.68. The molecule has 228 valence electrons. The van der Waals surface area contributed by atoms with Crippen LogP contribution < -0.4 is 14.8 Å². The number of anilines is 1. The van der Waals surface area contributed by atoms with Crippen molar-refractivity contribution in [2.45, 2.75) is 79.3 Å². The molecule has 2 aromatic carbocycles. The number of nitrogens with one attached hydrogen (secondary N) is 1. The molecule has 3 rings (SSSR count). The summed E-state index contributed by atoms with van der Waals surface area (Å²) in [5.41, 5.74) is 4.08.